The van der Waals surface area contributed by atoms with Gasteiger partial charge in [-0.1, -0.05) is 0 Å². The van der Waals surface area contributed by atoms with Crippen molar-refractivity contribution in [3.8, 4) is 17.2 Å². The van der Waals surface area contributed by atoms with Crippen LogP contribution in [0, 0.1) is 0 Å². The minimum Gasteiger partial charge on any atom is -0.468 e. The first kappa shape index (κ1) is 15.5. The average Bonchev–Trinajstić information content (AvgIpc) is 2.94. The van der Waals surface area contributed by atoms with Crippen molar-refractivity contribution < 1.29 is 27.5 Å². The summed E-state index contributed by atoms with van der Waals surface area (Å²) in [5.41, 5.74) is 0.647. The Morgan fingerprint density at radius 3 is 2.45 bits per heavy atom. The molecule has 0 bridgehead atoms. The Morgan fingerprint density at radius 1 is 1.35 bits per heavy atom. The first-order chi connectivity index (χ1) is 9.67. The zero-order valence-corrected chi connectivity index (χ0v) is 10.5. The van der Waals surface area contributed by atoms with E-state index in [1.807, 2.05) is 0 Å². The summed E-state index contributed by atoms with van der Waals surface area (Å²) in [7, 11) is 0. The number of halogens is 2. The van der Waals surface area contributed by atoms with Crippen LogP contribution in [0.3, 0.4) is 0 Å². The van der Waals surface area contributed by atoms with Gasteiger partial charge in [-0.15, -0.1) is 10.2 Å². The molecule has 8 heteroatoms. The van der Waals surface area contributed by atoms with E-state index in [0.717, 1.165) is 0 Å². The molecule has 0 amide bonds. The second-order valence-electron chi connectivity index (χ2n) is 3.20. The Balaban J connectivity index is 0.000000347. The number of aromatic nitrogens is 2. The molecule has 0 fully saturated rings. The fourth-order valence-corrected chi connectivity index (χ4v) is 1.15. The standard InChI is InChI=1S/C9H6F2N2O2.C3H6O2/c10-9(11)15-7-3-1-6(2-4-7)8-13-12-5-14-8;1-2-5-3-4/h1-5,9H;3H,2H2,1H3. The number of rotatable bonds is 5. The van der Waals surface area contributed by atoms with E-state index in [1.165, 1.54) is 18.5 Å². The molecule has 1 aromatic carbocycles. The highest BCUT2D eigenvalue weighted by Gasteiger charge is 2.06. The van der Waals surface area contributed by atoms with Crippen LogP contribution in [0.5, 0.6) is 5.75 Å². The summed E-state index contributed by atoms with van der Waals surface area (Å²) < 4.78 is 36.9. The summed E-state index contributed by atoms with van der Waals surface area (Å²) >= 11 is 0. The molecule has 1 aromatic heterocycles. The van der Waals surface area contributed by atoms with Gasteiger partial charge in [0.1, 0.15) is 5.75 Å². The van der Waals surface area contributed by atoms with Crippen LogP contribution in [0.1, 0.15) is 6.92 Å². The van der Waals surface area contributed by atoms with Crippen molar-refractivity contribution >= 4 is 6.47 Å². The minimum absolute atomic E-state index is 0.0910. The van der Waals surface area contributed by atoms with Crippen molar-refractivity contribution in [2.75, 3.05) is 6.61 Å². The molecule has 0 saturated carbocycles. The molecular weight excluding hydrogens is 274 g/mol. The number of hydrogen-bond donors (Lipinski definition) is 0. The molecule has 108 valence electrons. The number of carbonyl (C=O) groups excluding carboxylic acids is 1. The number of carbonyl (C=O) groups is 1. The smallest absolute Gasteiger partial charge is 0.387 e. The second-order valence-corrected chi connectivity index (χ2v) is 3.20. The van der Waals surface area contributed by atoms with Crippen LogP contribution in [-0.2, 0) is 9.53 Å². The quantitative estimate of drug-likeness (QED) is 0.786. The summed E-state index contributed by atoms with van der Waals surface area (Å²) in [6.07, 6.45) is 1.19. The van der Waals surface area contributed by atoms with E-state index in [2.05, 4.69) is 19.7 Å². The van der Waals surface area contributed by atoms with Crippen LogP contribution in [0.4, 0.5) is 8.78 Å². The van der Waals surface area contributed by atoms with Crippen molar-refractivity contribution in [3.63, 3.8) is 0 Å². The molecular formula is C12H12F2N2O4. The number of nitrogens with zero attached hydrogens (tertiary/aromatic N) is 2. The first-order valence-electron chi connectivity index (χ1n) is 5.54. The zero-order chi connectivity index (χ0) is 14.8. The molecule has 0 atom stereocenters. The number of ether oxygens (including phenoxy) is 2. The van der Waals surface area contributed by atoms with Gasteiger partial charge in [-0.05, 0) is 31.2 Å². The Hall–Kier alpha value is -2.51. The molecule has 0 spiro atoms. The molecule has 0 unspecified atom stereocenters. The lowest BCUT2D eigenvalue weighted by Gasteiger charge is -2.03. The van der Waals surface area contributed by atoms with Crippen LogP contribution in [-0.4, -0.2) is 29.9 Å². The normalized spacial score (nSPS) is 9.60. The molecule has 0 aliphatic rings. The van der Waals surface area contributed by atoms with Gasteiger partial charge in [0.05, 0.1) is 6.61 Å². The third-order valence-electron chi connectivity index (χ3n) is 1.92. The Bertz CT molecular complexity index is 489. The molecule has 0 radical (unpaired) electrons. The van der Waals surface area contributed by atoms with Gasteiger partial charge >= 0.3 is 6.61 Å². The van der Waals surface area contributed by atoms with Crippen LogP contribution in [0.15, 0.2) is 35.1 Å². The van der Waals surface area contributed by atoms with Crippen molar-refractivity contribution in [1.82, 2.24) is 10.2 Å². The van der Waals surface area contributed by atoms with Crippen molar-refractivity contribution in [3.05, 3.63) is 30.7 Å². The summed E-state index contributed by atoms with van der Waals surface area (Å²) in [6.45, 7) is -0.156. The third-order valence-corrected chi connectivity index (χ3v) is 1.92. The predicted octanol–water partition coefficient (Wildman–Crippen LogP) is 2.52. The van der Waals surface area contributed by atoms with Gasteiger partial charge in [0, 0.05) is 5.56 Å². The van der Waals surface area contributed by atoms with Crippen LogP contribution < -0.4 is 4.74 Å². The summed E-state index contributed by atoms with van der Waals surface area (Å²) in [6, 6.07) is 5.94. The van der Waals surface area contributed by atoms with E-state index in [9.17, 15) is 13.6 Å². The van der Waals surface area contributed by atoms with Crippen molar-refractivity contribution in [2.45, 2.75) is 13.5 Å². The van der Waals surface area contributed by atoms with Crippen molar-refractivity contribution in [2.24, 2.45) is 0 Å². The van der Waals surface area contributed by atoms with E-state index in [1.54, 1.807) is 19.1 Å². The van der Waals surface area contributed by atoms with E-state index < -0.39 is 6.61 Å². The van der Waals surface area contributed by atoms with Crippen LogP contribution >= 0.6 is 0 Å². The fourth-order valence-electron chi connectivity index (χ4n) is 1.15. The predicted molar refractivity (Wildman–Crippen MR) is 64.1 cm³/mol. The summed E-state index contributed by atoms with van der Waals surface area (Å²) in [5, 5.41) is 7.17. The molecule has 2 rings (SSSR count). The average molecular weight is 286 g/mol. The first-order valence-corrected chi connectivity index (χ1v) is 5.54. The highest BCUT2D eigenvalue weighted by molar-refractivity contribution is 5.53. The molecule has 20 heavy (non-hydrogen) atoms. The maximum Gasteiger partial charge on any atom is 0.387 e. The zero-order valence-electron chi connectivity index (χ0n) is 10.5. The van der Waals surface area contributed by atoms with E-state index in [0.29, 0.717) is 24.5 Å². The molecule has 1 heterocycles. The van der Waals surface area contributed by atoms with Gasteiger partial charge in [0.2, 0.25) is 12.3 Å². The lowest BCUT2D eigenvalue weighted by Crippen LogP contribution is -2.01. The second kappa shape index (κ2) is 8.57. The SMILES string of the molecule is CCOC=O.FC(F)Oc1ccc(-c2nnco2)cc1. The highest BCUT2D eigenvalue weighted by Crippen LogP contribution is 2.21. The number of alkyl halides is 2. The van der Waals surface area contributed by atoms with Gasteiger partial charge in [-0.2, -0.15) is 8.78 Å². The van der Waals surface area contributed by atoms with Gasteiger partial charge in [0.25, 0.3) is 6.47 Å². The number of hydrogen-bond acceptors (Lipinski definition) is 6. The lowest BCUT2D eigenvalue weighted by atomic mass is 10.2. The summed E-state index contributed by atoms with van der Waals surface area (Å²) in [4.78, 5) is 9.18. The molecule has 0 aliphatic carbocycles. The Morgan fingerprint density at radius 2 is 2.05 bits per heavy atom. The van der Waals surface area contributed by atoms with E-state index >= 15 is 0 Å². The minimum atomic E-state index is -2.82. The number of benzene rings is 1. The molecule has 6 nitrogen and oxygen atoms in total. The molecule has 0 saturated heterocycles. The maximum atomic E-state index is 11.8. The topological polar surface area (TPSA) is 74.5 Å². The summed E-state index contributed by atoms with van der Waals surface area (Å²) in [5.74, 6) is 0.423. The Labute approximate surface area is 113 Å². The molecule has 0 N–H and O–H groups in total. The van der Waals surface area contributed by atoms with E-state index in [-0.39, 0.29) is 5.75 Å². The molecule has 2 aromatic rings. The van der Waals surface area contributed by atoms with Gasteiger partial charge in [-0.25, -0.2) is 0 Å². The Kier molecular flexibility index (Phi) is 6.66. The third kappa shape index (κ3) is 5.42. The largest absolute Gasteiger partial charge is 0.468 e. The van der Waals surface area contributed by atoms with Crippen molar-refractivity contribution in [1.29, 1.82) is 0 Å². The van der Waals surface area contributed by atoms with Crippen LogP contribution in [0.25, 0.3) is 11.5 Å². The van der Waals surface area contributed by atoms with Gasteiger partial charge in [-0.3, -0.25) is 4.79 Å². The van der Waals surface area contributed by atoms with E-state index in [4.69, 9.17) is 4.42 Å². The molecule has 0 aliphatic heterocycles. The fraction of sp³-hybridized carbons (Fsp3) is 0.250. The van der Waals surface area contributed by atoms with Crippen LogP contribution in [0.2, 0.25) is 0 Å². The maximum absolute atomic E-state index is 11.8. The van der Waals surface area contributed by atoms with Gasteiger partial charge in [0.15, 0.2) is 0 Å². The monoisotopic (exact) mass is 286 g/mol. The lowest BCUT2D eigenvalue weighted by molar-refractivity contribution is -0.128. The van der Waals surface area contributed by atoms with Gasteiger partial charge < -0.3 is 13.9 Å². The highest BCUT2D eigenvalue weighted by atomic mass is 19.3.